The maximum Gasteiger partial charge on any atom is 0.253 e. The Morgan fingerprint density at radius 2 is 1.94 bits per heavy atom. The summed E-state index contributed by atoms with van der Waals surface area (Å²) in [4.78, 5) is 25.2. The molecule has 0 aliphatic rings. The van der Waals surface area contributed by atoms with Gasteiger partial charge < -0.3 is 15.2 Å². The molecule has 0 radical (unpaired) electrons. The van der Waals surface area contributed by atoms with Crippen LogP contribution in [0.3, 0.4) is 0 Å². The maximum atomic E-state index is 12.7. The molecule has 2 N–H and O–H groups in total. The van der Waals surface area contributed by atoms with Gasteiger partial charge >= 0.3 is 0 Å². The number of allylic oxidation sites excluding steroid dienone is 1. The second-order valence-corrected chi connectivity index (χ2v) is 9.80. The van der Waals surface area contributed by atoms with Gasteiger partial charge in [0.2, 0.25) is 5.91 Å². The molecule has 3 rings (SSSR count). The number of carbonyl (C=O) groups is 2. The Morgan fingerprint density at radius 3 is 2.65 bits per heavy atom. The van der Waals surface area contributed by atoms with Gasteiger partial charge in [0.15, 0.2) is 11.0 Å². The zero-order valence-corrected chi connectivity index (χ0v) is 22.2. The van der Waals surface area contributed by atoms with Crippen molar-refractivity contribution < 1.29 is 9.59 Å². The average Bonchev–Trinajstić information content (AvgIpc) is 3.21. The Bertz CT molecular complexity index is 1230. The van der Waals surface area contributed by atoms with Crippen LogP contribution in [0.5, 0.6) is 0 Å². The van der Waals surface area contributed by atoms with Crippen LogP contribution in [0.25, 0.3) is 0 Å². The Balaban J connectivity index is 1.69. The highest BCUT2D eigenvalue weighted by molar-refractivity contribution is 9.10. The summed E-state index contributed by atoms with van der Waals surface area (Å²) in [5.74, 6) is 0.261. The highest BCUT2D eigenvalue weighted by Gasteiger charge is 2.21. The van der Waals surface area contributed by atoms with Gasteiger partial charge in [0, 0.05) is 16.7 Å². The Hall–Kier alpha value is -2.62. The van der Waals surface area contributed by atoms with Crippen LogP contribution in [0.1, 0.15) is 40.3 Å². The fourth-order valence-electron chi connectivity index (χ4n) is 3.25. The number of halogens is 2. The minimum Gasteiger partial charge on any atom is -0.342 e. The molecule has 3 aromatic rings. The van der Waals surface area contributed by atoms with Gasteiger partial charge in [-0.05, 0) is 56.2 Å². The van der Waals surface area contributed by atoms with Crippen molar-refractivity contribution in [3.63, 3.8) is 0 Å². The summed E-state index contributed by atoms with van der Waals surface area (Å²) in [7, 11) is 0. The van der Waals surface area contributed by atoms with Crippen LogP contribution in [-0.4, -0.2) is 32.3 Å². The van der Waals surface area contributed by atoms with E-state index in [9.17, 15) is 9.59 Å². The molecule has 34 heavy (non-hydrogen) atoms. The summed E-state index contributed by atoms with van der Waals surface area (Å²) in [5.41, 5.74) is 3.24. The average molecular weight is 563 g/mol. The number of nitrogens with one attached hydrogen (secondary N) is 2. The second kappa shape index (κ2) is 11.7. The number of benzene rings is 2. The summed E-state index contributed by atoms with van der Waals surface area (Å²) >= 11 is 10.9. The highest BCUT2D eigenvalue weighted by atomic mass is 79.9. The van der Waals surface area contributed by atoms with Crippen LogP contribution < -0.4 is 10.6 Å². The largest absolute Gasteiger partial charge is 0.342 e. The van der Waals surface area contributed by atoms with Crippen molar-refractivity contribution in [2.24, 2.45) is 0 Å². The van der Waals surface area contributed by atoms with Gasteiger partial charge in [0.1, 0.15) is 0 Å². The van der Waals surface area contributed by atoms with E-state index in [2.05, 4.69) is 43.3 Å². The molecule has 0 aliphatic carbocycles. The molecular weight excluding hydrogens is 538 g/mol. The number of thioether (sulfide) groups is 1. The monoisotopic (exact) mass is 561 g/mol. The second-order valence-electron chi connectivity index (χ2n) is 7.60. The molecule has 2 aromatic carbocycles. The molecule has 0 unspecified atom stereocenters. The molecule has 0 spiro atoms. The van der Waals surface area contributed by atoms with E-state index >= 15 is 0 Å². The quantitative estimate of drug-likeness (QED) is 0.257. The first-order valence-electron chi connectivity index (χ1n) is 10.5. The Kier molecular flexibility index (Phi) is 8.93. The van der Waals surface area contributed by atoms with Gasteiger partial charge in [-0.25, -0.2) is 0 Å². The van der Waals surface area contributed by atoms with E-state index in [0.29, 0.717) is 28.1 Å². The first-order valence-corrected chi connectivity index (χ1v) is 12.7. The number of hydrogen-bond donors (Lipinski definition) is 2. The van der Waals surface area contributed by atoms with E-state index in [1.54, 1.807) is 30.3 Å². The summed E-state index contributed by atoms with van der Waals surface area (Å²) < 4.78 is 2.83. The maximum absolute atomic E-state index is 12.7. The van der Waals surface area contributed by atoms with Gasteiger partial charge in [0.05, 0.1) is 22.4 Å². The SMILES string of the molecule is C=CCn1c(SCC(=O)Nc2ccc(Br)c(C)c2C)nnc1[C@@H](C)NC(=O)c1ccccc1Cl. The number of hydrogen-bond acceptors (Lipinski definition) is 5. The van der Waals surface area contributed by atoms with Crippen molar-refractivity contribution in [2.45, 2.75) is 38.5 Å². The van der Waals surface area contributed by atoms with Crippen molar-refractivity contribution in [2.75, 3.05) is 11.1 Å². The Morgan fingerprint density at radius 1 is 1.21 bits per heavy atom. The van der Waals surface area contributed by atoms with Crippen LogP contribution in [0.15, 0.2) is 58.7 Å². The number of aromatic nitrogens is 3. The standard InChI is InChI=1S/C24H25BrClN5O2S/c1-5-12-31-22(16(4)27-23(33)17-8-6-7-9-19(17)26)29-30-24(31)34-13-21(32)28-20-11-10-18(25)14(2)15(20)3/h5-11,16H,1,12-13H2,2-4H3,(H,27,33)(H,28,32)/t16-/m1/s1. The van der Waals surface area contributed by atoms with Crippen molar-refractivity contribution in [3.05, 3.63) is 81.1 Å². The smallest absolute Gasteiger partial charge is 0.253 e. The predicted octanol–water partition coefficient (Wildman–Crippen LogP) is 5.72. The van der Waals surface area contributed by atoms with Crippen LogP contribution >= 0.6 is 39.3 Å². The molecule has 10 heteroatoms. The first kappa shape index (κ1) is 26.0. The van der Waals surface area contributed by atoms with Crippen molar-refractivity contribution in [1.82, 2.24) is 20.1 Å². The third-order valence-corrected chi connectivity index (χ3v) is 7.39. The molecule has 0 fully saturated rings. The third-order valence-electron chi connectivity index (χ3n) is 5.24. The first-order chi connectivity index (χ1) is 16.2. The lowest BCUT2D eigenvalue weighted by Gasteiger charge is -2.16. The topological polar surface area (TPSA) is 88.9 Å². The fourth-order valence-corrected chi connectivity index (χ4v) is 4.66. The zero-order chi connectivity index (χ0) is 24.8. The van der Waals surface area contributed by atoms with E-state index in [1.165, 1.54) is 11.8 Å². The van der Waals surface area contributed by atoms with Crippen LogP contribution in [-0.2, 0) is 11.3 Å². The van der Waals surface area contributed by atoms with E-state index in [1.807, 2.05) is 37.5 Å². The predicted molar refractivity (Wildman–Crippen MR) is 141 cm³/mol. The number of anilines is 1. The molecule has 0 aliphatic heterocycles. The molecule has 0 bridgehead atoms. The molecule has 0 saturated heterocycles. The molecule has 1 heterocycles. The van der Waals surface area contributed by atoms with E-state index in [4.69, 9.17) is 11.6 Å². The summed E-state index contributed by atoms with van der Waals surface area (Å²) in [5, 5.41) is 15.3. The molecule has 2 amide bonds. The van der Waals surface area contributed by atoms with Crippen molar-refractivity contribution >= 4 is 56.8 Å². The van der Waals surface area contributed by atoms with Gasteiger partial charge in [-0.1, -0.05) is 57.5 Å². The molecule has 178 valence electrons. The third kappa shape index (κ3) is 6.08. The minimum atomic E-state index is -0.437. The van der Waals surface area contributed by atoms with Gasteiger partial charge in [-0.3, -0.25) is 9.59 Å². The van der Waals surface area contributed by atoms with E-state index < -0.39 is 6.04 Å². The van der Waals surface area contributed by atoms with Crippen LogP contribution in [0, 0.1) is 13.8 Å². The number of nitrogens with zero attached hydrogens (tertiary/aromatic N) is 3. The van der Waals surface area contributed by atoms with E-state index in [0.717, 1.165) is 21.3 Å². The number of carbonyl (C=O) groups excluding carboxylic acids is 2. The lowest BCUT2D eigenvalue weighted by Crippen LogP contribution is -2.29. The molecular formula is C24H25BrClN5O2S. The van der Waals surface area contributed by atoms with Gasteiger partial charge in [-0.2, -0.15) is 0 Å². The fraction of sp³-hybridized carbons (Fsp3) is 0.250. The molecule has 7 nitrogen and oxygen atoms in total. The molecule has 1 atom stereocenters. The summed E-state index contributed by atoms with van der Waals surface area (Å²) in [6, 6.07) is 10.2. The lowest BCUT2D eigenvalue weighted by molar-refractivity contribution is -0.113. The highest BCUT2D eigenvalue weighted by Crippen LogP contribution is 2.27. The number of rotatable bonds is 9. The number of amides is 2. The van der Waals surface area contributed by atoms with Crippen LogP contribution in [0.2, 0.25) is 5.02 Å². The van der Waals surface area contributed by atoms with Gasteiger partial charge in [0.25, 0.3) is 5.91 Å². The lowest BCUT2D eigenvalue weighted by atomic mass is 10.1. The van der Waals surface area contributed by atoms with Crippen molar-refractivity contribution in [3.8, 4) is 0 Å². The summed E-state index contributed by atoms with van der Waals surface area (Å²) in [6.45, 7) is 10.0. The van der Waals surface area contributed by atoms with Crippen LogP contribution in [0.4, 0.5) is 5.69 Å². The van der Waals surface area contributed by atoms with Crippen molar-refractivity contribution in [1.29, 1.82) is 0 Å². The molecule has 1 aromatic heterocycles. The minimum absolute atomic E-state index is 0.149. The van der Waals surface area contributed by atoms with Gasteiger partial charge in [-0.15, -0.1) is 16.8 Å². The zero-order valence-electron chi connectivity index (χ0n) is 19.1. The Labute approximate surface area is 216 Å². The molecule has 0 saturated carbocycles. The summed E-state index contributed by atoms with van der Waals surface area (Å²) in [6.07, 6.45) is 1.72. The normalized spacial score (nSPS) is 11.7. The van der Waals surface area contributed by atoms with E-state index in [-0.39, 0.29) is 17.6 Å².